The molecular weight excluding hydrogens is 322 g/mol. The van der Waals surface area contributed by atoms with Crippen LogP contribution in [0.5, 0.6) is 0 Å². The van der Waals surface area contributed by atoms with Crippen LogP contribution in [0.1, 0.15) is 77.6 Å². The van der Waals surface area contributed by atoms with Crippen molar-refractivity contribution in [1.82, 2.24) is 24.7 Å². The molecule has 6 nitrogen and oxygen atoms in total. The molecule has 2 saturated carbocycles. The minimum absolute atomic E-state index is 0.0593. The number of rotatable bonds is 8. The molecule has 0 unspecified atom stereocenters. The molecule has 0 aromatic carbocycles. The lowest BCUT2D eigenvalue weighted by Crippen LogP contribution is -2.28. The monoisotopic (exact) mass is 345 g/mol. The van der Waals surface area contributed by atoms with Gasteiger partial charge >= 0.3 is 0 Å². The Morgan fingerprint density at radius 2 is 2.12 bits per heavy atom. The number of nitrogens with zero attached hydrogens (tertiary/aromatic N) is 4. The lowest BCUT2D eigenvalue weighted by atomic mass is 10.2. The van der Waals surface area contributed by atoms with Crippen LogP contribution in [0.4, 0.5) is 0 Å². The van der Waals surface area contributed by atoms with Gasteiger partial charge in [0, 0.05) is 24.1 Å². The van der Waals surface area contributed by atoms with Gasteiger partial charge in [0.1, 0.15) is 4.88 Å². The molecule has 7 heteroatoms. The summed E-state index contributed by atoms with van der Waals surface area (Å²) >= 11 is 1.18. The zero-order valence-electron chi connectivity index (χ0n) is 14.0. The Balaban J connectivity index is 1.37. The Morgan fingerprint density at radius 3 is 2.83 bits per heavy atom. The maximum Gasteiger partial charge on any atom is 0.265 e. The Labute approximate surface area is 145 Å². The highest BCUT2D eigenvalue weighted by Crippen LogP contribution is 2.44. The van der Waals surface area contributed by atoms with Gasteiger partial charge in [0.25, 0.3) is 5.91 Å². The van der Waals surface area contributed by atoms with Crippen LogP contribution < -0.4 is 5.32 Å². The second kappa shape index (κ2) is 6.63. The lowest BCUT2D eigenvalue weighted by Gasteiger charge is -2.08. The normalized spacial score (nSPS) is 17.2. The van der Waals surface area contributed by atoms with Gasteiger partial charge in [-0.1, -0.05) is 17.8 Å². The molecule has 2 aromatic heterocycles. The summed E-state index contributed by atoms with van der Waals surface area (Å²) in [7, 11) is 0. The van der Waals surface area contributed by atoms with Crippen molar-refractivity contribution in [3.05, 3.63) is 28.0 Å². The van der Waals surface area contributed by atoms with Gasteiger partial charge in [-0.15, -0.1) is 5.10 Å². The maximum atomic E-state index is 12.3. The van der Waals surface area contributed by atoms with E-state index >= 15 is 0 Å². The number of aryl methyl sites for hydroxylation is 1. The van der Waals surface area contributed by atoms with E-state index < -0.39 is 0 Å². The van der Waals surface area contributed by atoms with E-state index in [-0.39, 0.29) is 5.91 Å². The van der Waals surface area contributed by atoms with Crippen LogP contribution in [0.3, 0.4) is 0 Å². The topological polar surface area (TPSA) is 72.7 Å². The van der Waals surface area contributed by atoms with E-state index in [1.165, 1.54) is 48.6 Å². The molecule has 0 aliphatic heterocycles. The summed E-state index contributed by atoms with van der Waals surface area (Å²) < 4.78 is 6.03. The first-order valence-corrected chi connectivity index (χ1v) is 9.70. The molecule has 0 spiro atoms. The summed E-state index contributed by atoms with van der Waals surface area (Å²) in [6, 6.07) is 2.30. The van der Waals surface area contributed by atoms with E-state index in [9.17, 15) is 4.79 Å². The first-order chi connectivity index (χ1) is 11.8. The largest absolute Gasteiger partial charge is 0.349 e. The van der Waals surface area contributed by atoms with Crippen molar-refractivity contribution in [2.45, 2.75) is 63.8 Å². The molecule has 2 fully saturated rings. The van der Waals surface area contributed by atoms with Crippen LogP contribution in [0, 0.1) is 0 Å². The highest BCUT2D eigenvalue weighted by Gasteiger charge is 2.32. The van der Waals surface area contributed by atoms with Crippen molar-refractivity contribution in [2.24, 2.45) is 0 Å². The van der Waals surface area contributed by atoms with Crippen LogP contribution in [-0.2, 0) is 13.0 Å². The summed E-state index contributed by atoms with van der Waals surface area (Å²) in [5, 5.41) is 11.8. The smallest absolute Gasteiger partial charge is 0.265 e. The number of hydrogen-bond donors (Lipinski definition) is 1. The van der Waals surface area contributed by atoms with Crippen molar-refractivity contribution in [1.29, 1.82) is 0 Å². The molecule has 4 rings (SSSR count). The van der Waals surface area contributed by atoms with Gasteiger partial charge in [-0.05, 0) is 49.7 Å². The summed E-state index contributed by atoms with van der Waals surface area (Å²) in [6.07, 6.45) is 6.86. The molecule has 1 N–H and O–H groups in total. The maximum absolute atomic E-state index is 12.3. The lowest BCUT2D eigenvalue weighted by molar-refractivity contribution is 0.0954. The highest BCUT2D eigenvalue weighted by atomic mass is 32.1. The first-order valence-electron chi connectivity index (χ1n) is 8.93. The van der Waals surface area contributed by atoms with Gasteiger partial charge < -0.3 is 5.32 Å². The number of nitrogens with one attached hydrogen (secondary N) is 1. The van der Waals surface area contributed by atoms with Gasteiger partial charge in [-0.25, -0.2) is 0 Å². The summed E-state index contributed by atoms with van der Waals surface area (Å²) in [6.45, 7) is 3.41. The minimum atomic E-state index is -0.0593. The molecule has 2 heterocycles. The van der Waals surface area contributed by atoms with Crippen molar-refractivity contribution in [2.75, 3.05) is 6.54 Å². The second-order valence-corrected chi connectivity index (χ2v) is 7.57. The molecule has 0 saturated heterocycles. The Morgan fingerprint density at radius 1 is 1.33 bits per heavy atom. The number of carbonyl (C=O) groups excluding carboxylic acids is 1. The molecule has 0 bridgehead atoms. The zero-order chi connectivity index (χ0) is 16.5. The number of amides is 1. The average Bonchev–Trinajstić information content (AvgIpc) is 3.51. The third kappa shape index (κ3) is 3.36. The van der Waals surface area contributed by atoms with Crippen molar-refractivity contribution in [3.8, 4) is 0 Å². The zero-order valence-corrected chi connectivity index (χ0v) is 14.8. The van der Waals surface area contributed by atoms with Gasteiger partial charge in [0.15, 0.2) is 0 Å². The van der Waals surface area contributed by atoms with Gasteiger partial charge in [-0.2, -0.15) is 5.10 Å². The molecular formula is C17H23N5OS. The van der Waals surface area contributed by atoms with Gasteiger partial charge in [0.05, 0.1) is 17.9 Å². The predicted octanol–water partition coefficient (Wildman–Crippen LogP) is 2.87. The van der Waals surface area contributed by atoms with Crippen LogP contribution in [-0.4, -0.2) is 31.8 Å². The third-order valence-electron chi connectivity index (χ3n) is 4.68. The quantitative estimate of drug-likeness (QED) is 0.798. The third-order valence-corrected chi connectivity index (χ3v) is 5.45. The van der Waals surface area contributed by atoms with E-state index in [1.54, 1.807) is 0 Å². The SMILES string of the molecule is CCCc1nnsc1C(=O)NCCn1nc(C2CC2)cc1C1CC1. The molecule has 2 aliphatic carbocycles. The van der Waals surface area contributed by atoms with Crippen molar-refractivity contribution >= 4 is 17.4 Å². The Kier molecular flexibility index (Phi) is 4.35. The minimum Gasteiger partial charge on any atom is -0.349 e. The summed E-state index contributed by atoms with van der Waals surface area (Å²) in [5.74, 6) is 1.30. The van der Waals surface area contributed by atoms with Crippen LogP contribution in [0.15, 0.2) is 6.07 Å². The predicted molar refractivity (Wildman–Crippen MR) is 92.4 cm³/mol. The van der Waals surface area contributed by atoms with E-state index in [0.29, 0.717) is 23.3 Å². The van der Waals surface area contributed by atoms with E-state index in [0.717, 1.165) is 25.1 Å². The summed E-state index contributed by atoms with van der Waals surface area (Å²) in [4.78, 5) is 13.0. The Hall–Kier alpha value is -1.76. The van der Waals surface area contributed by atoms with Crippen molar-refractivity contribution in [3.63, 3.8) is 0 Å². The molecule has 0 atom stereocenters. The first kappa shape index (κ1) is 15.7. The molecule has 2 aromatic rings. The number of carbonyl (C=O) groups is 1. The second-order valence-electron chi connectivity index (χ2n) is 6.82. The van der Waals surface area contributed by atoms with Crippen LogP contribution in [0.25, 0.3) is 0 Å². The summed E-state index contributed by atoms with van der Waals surface area (Å²) in [5.41, 5.74) is 3.42. The van der Waals surface area contributed by atoms with Crippen molar-refractivity contribution < 1.29 is 4.79 Å². The molecule has 2 aliphatic rings. The number of hydrogen-bond acceptors (Lipinski definition) is 5. The van der Waals surface area contributed by atoms with Crippen LogP contribution >= 0.6 is 11.5 Å². The van der Waals surface area contributed by atoms with E-state index in [2.05, 4.69) is 32.6 Å². The molecule has 0 radical (unpaired) electrons. The van der Waals surface area contributed by atoms with Gasteiger partial charge in [0.2, 0.25) is 0 Å². The fraction of sp³-hybridized carbons (Fsp3) is 0.647. The highest BCUT2D eigenvalue weighted by molar-refractivity contribution is 7.08. The average molecular weight is 345 g/mol. The van der Waals surface area contributed by atoms with Gasteiger partial charge in [-0.3, -0.25) is 9.48 Å². The van der Waals surface area contributed by atoms with E-state index in [4.69, 9.17) is 5.10 Å². The fourth-order valence-corrected chi connectivity index (χ4v) is 3.68. The molecule has 1 amide bonds. The van der Waals surface area contributed by atoms with Crippen LogP contribution in [0.2, 0.25) is 0 Å². The molecule has 24 heavy (non-hydrogen) atoms. The Bertz CT molecular complexity index is 729. The molecule has 128 valence electrons. The fourth-order valence-electron chi connectivity index (χ4n) is 3.05. The van der Waals surface area contributed by atoms with E-state index in [1.807, 2.05) is 0 Å². The number of aromatic nitrogens is 4. The standard InChI is InChI=1S/C17H23N5OS/c1-2-3-13-16(24-21-19-13)17(23)18-8-9-22-15(12-6-7-12)10-14(20-22)11-4-5-11/h10-12H,2-9H2,1H3,(H,18,23).